The quantitative estimate of drug-likeness (QED) is 0.174. The third-order valence-corrected chi connectivity index (χ3v) is 9.58. The molecular weight excluding hydrogens is 494 g/mol. The summed E-state index contributed by atoms with van der Waals surface area (Å²) < 4.78 is 55.6. The van der Waals surface area contributed by atoms with Crippen LogP contribution in [0.1, 0.15) is 63.0 Å². The van der Waals surface area contributed by atoms with Gasteiger partial charge in [0.15, 0.2) is 0 Å². The Morgan fingerprint density at radius 2 is 1.94 bits per heavy atom. The Kier molecular flexibility index (Phi) is 8.91. The summed E-state index contributed by atoms with van der Waals surface area (Å²) in [7, 11) is -3.27. The highest BCUT2D eigenvalue weighted by Crippen LogP contribution is 2.63. The molecule has 1 aliphatic rings. The molecule has 0 radical (unpaired) electrons. The van der Waals surface area contributed by atoms with Crippen molar-refractivity contribution in [3.63, 3.8) is 0 Å². The summed E-state index contributed by atoms with van der Waals surface area (Å²) in [6.07, 6.45) is 6.46. The third kappa shape index (κ3) is 6.20. The van der Waals surface area contributed by atoms with E-state index in [1.807, 2.05) is 0 Å². The van der Waals surface area contributed by atoms with Crippen LogP contribution in [-0.4, -0.2) is 32.2 Å². The van der Waals surface area contributed by atoms with Crippen molar-refractivity contribution in [3.05, 3.63) is 65.4 Å². The SMILES string of the molecule is CCCCC1(CC)CC(c2ccc(F)cc2)c2cc(SC)c(O/C=C(\F)C(=O)O)cc2S(O)(O)C1. The second-order valence-electron chi connectivity index (χ2n) is 9.01. The predicted molar refractivity (Wildman–Crippen MR) is 137 cm³/mol. The molecule has 0 saturated heterocycles. The van der Waals surface area contributed by atoms with E-state index in [4.69, 9.17) is 9.84 Å². The van der Waals surface area contributed by atoms with Crippen molar-refractivity contribution < 1.29 is 32.5 Å². The maximum atomic E-state index is 13.7. The van der Waals surface area contributed by atoms with Crippen LogP contribution in [-0.2, 0) is 4.79 Å². The molecule has 2 aromatic carbocycles. The van der Waals surface area contributed by atoms with Gasteiger partial charge in [-0.2, -0.15) is 15.0 Å². The normalized spacial score (nSPS) is 22.7. The van der Waals surface area contributed by atoms with Crippen molar-refractivity contribution in [2.75, 3.05) is 12.0 Å². The molecule has 0 aromatic heterocycles. The molecule has 3 N–H and O–H groups in total. The molecule has 1 aliphatic heterocycles. The number of aliphatic carboxylic acids is 1. The van der Waals surface area contributed by atoms with Gasteiger partial charge in [-0.3, -0.25) is 9.11 Å². The molecule has 0 fully saturated rings. The number of carbonyl (C=O) groups is 1. The molecule has 5 nitrogen and oxygen atoms in total. The number of benzene rings is 2. The Balaban J connectivity index is 2.22. The highest BCUT2D eigenvalue weighted by atomic mass is 32.3. The number of hydrogen-bond donors (Lipinski definition) is 3. The Morgan fingerprint density at radius 1 is 1.26 bits per heavy atom. The standard InChI is InChI=1S/C26H32F2O5S2/c1-4-6-11-26(5-2)14-20(17-7-9-18(27)10-8-17)19-12-23(34-3)22(33-15-21(28)25(29)30)13-24(19)35(31,32)16-26/h7-10,12-13,15,20,31-32H,4-6,11,14,16H2,1-3H3,(H,29,30)/b21-15-. The molecule has 0 bridgehead atoms. The fraction of sp³-hybridized carbons (Fsp3) is 0.423. The van der Waals surface area contributed by atoms with Gasteiger partial charge in [0, 0.05) is 17.7 Å². The Hall–Kier alpha value is -2.07. The average Bonchev–Trinajstić information content (AvgIpc) is 2.93. The fourth-order valence-corrected chi connectivity index (χ4v) is 7.68. The maximum absolute atomic E-state index is 13.7. The van der Waals surface area contributed by atoms with Gasteiger partial charge in [-0.05, 0) is 60.3 Å². The molecule has 0 amide bonds. The van der Waals surface area contributed by atoms with Crippen LogP contribution in [0.3, 0.4) is 0 Å². The van der Waals surface area contributed by atoms with Gasteiger partial charge in [0.25, 0.3) is 0 Å². The summed E-state index contributed by atoms with van der Waals surface area (Å²) >= 11 is 1.32. The van der Waals surface area contributed by atoms with Gasteiger partial charge >= 0.3 is 5.97 Å². The van der Waals surface area contributed by atoms with E-state index < -0.39 is 22.4 Å². The number of unbranched alkanes of at least 4 members (excludes halogenated alkanes) is 1. The van der Waals surface area contributed by atoms with E-state index in [0.717, 1.165) is 31.2 Å². The summed E-state index contributed by atoms with van der Waals surface area (Å²) in [5.74, 6) is -3.47. The van der Waals surface area contributed by atoms with Crippen LogP contribution in [0, 0.1) is 11.2 Å². The second-order valence-corrected chi connectivity index (χ2v) is 11.9. The fourth-order valence-electron chi connectivity index (χ4n) is 4.78. The number of carboxylic acid groups (broad SMARTS) is 1. The molecule has 1 heterocycles. The third-order valence-electron chi connectivity index (χ3n) is 6.74. The van der Waals surface area contributed by atoms with Crippen molar-refractivity contribution in [1.29, 1.82) is 0 Å². The molecule has 9 heteroatoms. The van der Waals surface area contributed by atoms with E-state index >= 15 is 0 Å². The summed E-state index contributed by atoms with van der Waals surface area (Å²) in [5, 5.41) is 8.80. The predicted octanol–water partition coefficient (Wildman–Crippen LogP) is 8.05. The van der Waals surface area contributed by atoms with Crippen molar-refractivity contribution in [3.8, 4) is 5.75 Å². The molecular formula is C26H32F2O5S2. The van der Waals surface area contributed by atoms with Gasteiger partial charge in [-0.25, -0.2) is 9.18 Å². The number of halogens is 2. The van der Waals surface area contributed by atoms with Gasteiger partial charge in [0.1, 0.15) is 17.8 Å². The van der Waals surface area contributed by atoms with E-state index in [2.05, 4.69) is 13.8 Å². The lowest BCUT2D eigenvalue weighted by molar-refractivity contribution is -0.134. The van der Waals surface area contributed by atoms with Crippen LogP contribution < -0.4 is 4.74 Å². The van der Waals surface area contributed by atoms with Gasteiger partial charge in [-0.1, -0.05) is 38.8 Å². The summed E-state index contributed by atoms with van der Waals surface area (Å²) in [6.45, 7) is 4.16. The van der Waals surface area contributed by atoms with Gasteiger partial charge in [0.05, 0.1) is 9.79 Å². The Morgan fingerprint density at radius 3 is 2.51 bits per heavy atom. The van der Waals surface area contributed by atoms with Crippen LogP contribution in [0.15, 0.2) is 58.3 Å². The minimum atomic E-state index is -3.27. The lowest BCUT2D eigenvalue weighted by Gasteiger charge is -2.41. The lowest BCUT2D eigenvalue weighted by Crippen LogP contribution is -2.28. The Labute approximate surface area is 210 Å². The number of fused-ring (bicyclic) bond motifs is 1. The molecule has 0 spiro atoms. The zero-order valence-corrected chi connectivity index (χ0v) is 21.7. The summed E-state index contributed by atoms with van der Waals surface area (Å²) in [4.78, 5) is 11.7. The Bertz CT molecular complexity index is 1090. The van der Waals surface area contributed by atoms with Gasteiger partial charge in [-0.15, -0.1) is 11.8 Å². The minimum absolute atomic E-state index is 0.142. The number of thioether (sulfide) groups is 1. The number of rotatable bonds is 9. The van der Waals surface area contributed by atoms with Crippen molar-refractivity contribution in [2.24, 2.45) is 5.41 Å². The van der Waals surface area contributed by atoms with Crippen molar-refractivity contribution in [2.45, 2.75) is 61.7 Å². The average molecular weight is 527 g/mol. The van der Waals surface area contributed by atoms with Crippen LogP contribution in [0.4, 0.5) is 8.78 Å². The first-order chi connectivity index (χ1) is 16.6. The zero-order chi connectivity index (χ0) is 25.8. The van der Waals surface area contributed by atoms with Gasteiger partial charge < -0.3 is 9.84 Å². The second kappa shape index (κ2) is 11.3. The molecule has 0 saturated carbocycles. The first-order valence-electron chi connectivity index (χ1n) is 11.5. The molecule has 2 aromatic rings. The maximum Gasteiger partial charge on any atom is 0.368 e. The largest absolute Gasteiger partial charge is 0.476 e. The van der Waals surface area contributed by atoms with E-state index in [1.54, 1.807) is 24.5 Å². The monoisotopic (exact) mass is 526 g/mol. The van der Waals surface area contributed by atoms with Crippen LogP contribution >= 0.6 is 22.4 Å². The topological polar surface area (TPSA) is 87.0 Å². The molecule has 35 heavy (non-hydrogen) atoms. The van der Waals surface area contributed by atoms with Crippen LogP contribution in [0.5, 0.6) is 5.75 Å². The highest BCUT2D eigenvalue weighted by Gasteiger charge is 2.42. The van der Waals surface area contributed by atoms with Crippen LogP contribution in [0.2, 0.25) is 0 Å². The first-order valence-corrected chi connectivity index (χ1v) is 14.5. The highest BCUT2D eigenvalue weighted by molar-refractivity contribution is 8.24. The van der Waals surface area contributed by atoms with E-state index in [0.29, 0.717) is 28.0 Å². The molecule has 2 unspecified atom stereocenters. The molecule has 2 atom stereocenters. The van der Waals surface area contributed by atoms with Crippen LogP contribution in [0.25, 0.3) is 0 Å². The van der Waals surface area contributed by atoms with E-state index in [1.165, 1.54) is 30.0 Å². The number of hydrogen-bond acceptors (Lipinski definition) is 5. The van der Waals surface area contributed by atoms with Crippen molar-refractivity contribution >= 4 is 28.3 Å². The minimum Gasteiger partial charge on any atom is -0.476 e. The number of ether oxygens (including phenoxy) is 1. The smallest absolute Gasteiger partial charge is 0.368 e. The number of carboxylic acids is 1. The summed E-state index contributed by atoms with van der Waals surface area (Å²) in [5.41, 5.74) is 1.24. The lowest BCUT2D eigenvalue weighted by atomic mass is 9.71. The first kappa shape index (κ1) is 27.5. The van der Waals surface area contributed by atoms with Gasteiger partial charge in [0.2, 0.25) is 5.83 Å². The molecule has 0 aliphatic carbocycles. The molecule has 192 valence electrons. The van der Waals surface area contributed by atoms with E-state index in [9.17, 15) is 22.7 Å². The molecule has 3 rings (SSSR count). The van der Waals surface area contributed by atoms with Crippen molar-refractivity contribution in [1.82, 2.24) is 0 Å². The summed E-state index contributed by atoms with van der Waals surface area (Å²) in [6, 6.07) is 9.57. The zero-order valence-electron chi connectivity index (χ0n) is 20.1. The van der Waals surface area contributed by atoms with E-state index in [-0.39, 0.29) is 28.7 Å².